The Balaban J connectivity index is -0.000000136. The quantitative estimate of drug-likeness (QED) is 0.394. The van der Waals surface area contributed by atoms with Gasteiger partial charge in [0.1, 0.15) is 0 Å². The van der Waals surface area contributed by atoms with E-state index in [1.165, 1.54) is 0 Å². The summed E-state index contributed by atoms with van der Waals surface area (Å²) in [5, 5.41) is 0. The molecule has 0 saturated carbocycles. The molecule has 0 aliphatic rings. The van der Waals surface area contributed by atoms with Crippen LogP contribution < -0.4 is 51.4 Å². The minimum Gasteiger partial charge on any atom is -1.00 e. The smallest absolute Gasteiger partial charge is 1.00 e. The summed E-state index contributed by atoms with van der Waals surface area (Å²) in [5.41, 5.74) is 0. The molecule has 0 radical (unpaired) electrons. The molecule has 1 aromatic rings. The Hall–Kier alpha value is 0.726. The van der Waals surface area contributed by atoms with Crippen LogP contribution in [-0.4, -0.2) is 17.5 Å². The van der Waals surface area contributed by atoms with E-state index >= 15 is 0 Å². The Kier molecular flexibility index (Phi) is 10.6. The summed E-state index contributed by atoms with van der Waals surface area (Å²) in [4.78, 5) is 0. The summed E-state index contributed by atoms with van der Waals surface area (Å²) >= 11 is 0. The summed E-state index contributed by atoms with van der Waals surface area (Å²) in [6, 6.07) is 12.0. The van der Waals surface area contributed by atoms with E-state index in [9.17, 15) is 0 Å². The Bertz CT molecular complexity index is 241. The Labute approximate surface area is 115 Å². The van der Waals surface area contributed by atoms with Gasteiger partial charge in [-0.05, 0) is 0 Å². The minimum atomic E-state index is -4.67. The van der Waals surface area contributed by atoms with Gasteiger partial charge in [0.05, 0.1) is 0 Å². The molecule has 2 N–H and O–H groups in total. The Morgan fingerprint density at radius 1 is 0.833 bits per heavy atom. The zero-order valence-corrected chi connectivity index (χ0v) is 10.5. The van der Waals surface area contributed by atoms with Gasteiger partial charge in [-0.15, -0.1) is 0 Å². The third kappa shape index (κ3) is 22.4. The number of rotatable bonds is 0. The summed E-state index contributed by atoms with van der Waals surface area (Å²) in [6.07, 6.45) is 0. The fourth-order valence-corrected chi connectivity index (χ4v) is 0.385. The van der Waals surface area contributed by atoms with Gasteiger partial charge in [-0.25, -0.2) is 0 Å². The van der Waals surface area contributed by atoms with Crippen molar-refractivity contribution in [2.45, 2.75) is 0 Å². The molecule has 12 heavy (non-hydrogen) atoms. The zero-order valence-electron chi connectivity index (χ0n) is 7.58. The predicted molar refractivity (Wildman–Crippen MR) is 41.7 cm³/mol. The molecule has 0 saturated heterocycles. The van der Waals surface area contributed by atoms with E-state index in [1.54, 1.807) is 0 Å². The molecule has 0 aliphatic carbocycles. The summed E-state index contributed by atoms with van der Waals surface area (Å²) in [6.45, 7) is 0. The molecule has 0 aliphatic heterocycles. The van der Waals surface area contributed by atoms with Gasteiger partial charge < -0.3 is 1.43 Å². The maximum atomic E-state index is 8.74. The molecule has 4 nitrogen and oxygen atoms in total. The van der Waals surface area contributed by atoms with Crippen LogP contribution in [0.4, 0.5) is 0 Å². The van der Waals surface area contributed by atoms with Crippen LogP contribution in [0.1, 0.15) is 1.43 Å². The van der Waals surface area contributed by atoms with Gasteiger partial charge in [0.15, 0.2) is 0 Å². The molecule has 1 rings (SSSR count). The van der Waals surface area contributed by atoms with E-state index in [0.29, 0.717) is 0 Å². The van der Waals surface area contributed by atoms with Crippen molar-refractivity contribution in [2.24, 2.45) is 0 Å². The average molecular weight is 216 g/mol. The van der Waals surface area contributed by atoms with Gasteiger partial charge in [0, 0.05) is 0 Å². The molecule has 1 aromatic carbocycles. The topological polar surface area (TPSA) is 74.6 Å². The number of benzene rings is 1. The van der Waals surface area contributed by atoms with Crippen LogP contribution in [0.25, 0.3) is 0 Å². The van der Waals surface area contributed by atoms with E-state index in [0.717, 1.165) is 0 Å². The van der Waals surface area contributed by atoms with Crippen LogP contribution in [-0.2, 0) is 10.4 Å². The molecule has 6 heteroatoms. The molecule has 0 amide bonds. The van der Waals surface area contributed by atoms with E-state index in [2.05, 4.69) is 0 Å². The number of hydrogen-bond donors (Lipinski definition) is 2. The van der Waals surface area contributed by atoms with Crippen molar-refractivity contribution < 1.29 is 70.3 Å². The first kappa shape index (κ1) is 15.2. The molecule has 0 bridgehead atoms. The second kappa shape index (κ2) is 8.33. The first-order valence-electron chi connectivity index (χ1n) is 2.70. The summed E-state index contributed by atoms with van der Waals surface area (Å²) in [5.74, 6) is 0. The van der Waals surface area contributed by atoms with Crippen molar-refractivity contribution in [1.29, 1.82) is 0 Å². The fourth-order valence-electron chi connectivity index (χ4n) is 0.385. The number of hydrogen-bond acceptors (Lipinski definition) is 2. The van der Waals surface area contributed by atoms with Gasteiger partial charge in [-0.2, -0.15) is 8.42 Å². The van der Waals surface area contributed by atoms with Crippen molar-refractivity contribution in [2.75, 3.05) is 0 Å². The normalized spacial score (nSPS) is 8.83. The fraction of sp³-hybridized carbons (Fsp3) is 0. The largest absolute Gasteiger partial charge is 1.00 e. The molecular weight excluding hydrogens is 207 g/mol. The van der Waals surface area contributed by atoms with E-state index in [1.807, 2.05) is 36.4 Å². The van der Waals surface area contributed by atoms with Crippen LogP contribution in [0.2, 0.25) is 0 Å². The third-order valence-corrected chi connectivity index (χ3v) is 0.667. The van der Waals surface area contributed by atoms with Crippen LogP contribution in [0, 0.1) is 0 Å². The van der Waals surface area contributed by atoms with Gasteiger partial charge in [-0.1, -0.05) is 36.4 Å². The maximum absolute atomic E-state index is 8.74. The second-order valence-electron chi connectivity index (χ2n) is 1.60. The molecule has 0 unspecified atom stereocenters. The van der Waals surface area contributed by atoms with Crippen LogP contribution in [0.5, 0.6) is 0 Å². The molecule has 0 spiro atoms. The first-order chi connectivity index (χ1) is 5.00. The van der Waals surface area contributed by atoms with E-state index in [4.69, 9.17) is 17.5 Å². The van der Waals surface area contributed by atoms with E-state index < -0.39 is 10.4 Å². The molecule has 0 atom stereocenters. The van der Waals surface area contributed by atoms with Crippen molar-refractivity contribution in [3.63, 3.8) is 0 Å². The van der Waals surface area contributed by atoms with Crippen LogP contribution in [0.3, 0.4) is 0 Å². The molecule has 0 aromatic heterocycles. The molecule has 64 valence electrons. The monoisotopic (exact) mass is 216 g/mol. The standard InChI is InChI=1S/C6H6.K.H2O4S.H/c1-2-4-6-5-3-1;;1-5(2,3)4;/h1-6H;;(H2,1,2,3,4);/q;+1;;-1. The SMILES string of the molecule is O=S(=O)(O)O.[H-].[K+].c1ccccc1. The van der Waals surface area contributed by atoms with Gasteiger partial charge >= 0.3 is 61.8 Å². The van der Waals surface area contributed by atoms with Crippen molar-refractivity contribution in [3.05, 3.63) is 36.4 Å². The Morgan fingerprint density at radius 3 is 1.00 bits per heavy atom. The third-order valence-electron chi connectivity index (χ3n) is 0.667. The van der Waals surface area contributed by atoms with Gasteiger partial charge in [-0.3, -0.25) is 9.11 Å². The minimum absolute atomic E-state index is 0. The van der Waals surface area contributed by atoms with Gasteiger partial charge in [0.2, 0.25) is 0 Å². The maximum Gasteiger partial charge on any atom is 1.00 e. The zero-order chi connectivity index (χ0) is 8.74. The van der Waals surface area contributed by atoms with Crippen molar-refractivity contribution >= 4 is 10.4 Å². The Morgan fingerprint density at radius 2 is 0.917 bits per heavy atom. The van der Waals surface area contributed by atoms with Crippen LogP contribution >= 0.6 is 0 Å². The second-order valence-corrected chi connectivity index (χ2v) is 2.50. The molecule has 0 fully saturated rings. The van der Waals surface area contributed by atoms with Crippen LogP contribution in [0.15, 0.2) is 36.4 Å². The summed E-state index contributed by atoms with van der Waals surface area (Å²) < 4.78 is 31.6. The summed E-state index contributed by atoms with van der Waals surface area (Å²) in [7, 11) is -4.67. The molecule has 0 heterocycles. The molecular formula is C6H9KO4S. The van der Waals surface area contributed by atoms with Gasteiger partial charge in [0.25, 0.3) is 0 Å². The van der Waals surface area contributed by atoms with E-state index in [-0.39, 0.29) is 52.8 Å². The predicted octanol–water partition coefficient (Wildman–Crippen LogP) is -1.85. The first-order valence-corrected chi connectivity index (χ1v) is 4.10. The van der Waals surface area contributed by atoms with Crippen molar-refractivity contribution in [1.82, 2.24) is 0 Å². The van der Waals surface area contributed by atoms with Crippen molar-refractivity contribution in [3.8, 4) is 0 Å². The average Bonchev–Trinajstić information content (AvgIpc) is 1.88.